The van der Waals surface area contributed by atoms with Gasteiger partial charge in [-0.2, -0.15) is 18.4 Å². The first-order valence-corrected chi connectivity index (χ1v) is 17.6. The van der Waals surface area contributed by atoms with E-state index >= 15 is 0 Å². The van der Waals surface area contributed by atoms with Crippen molar-refractivity contribution in [2.75, 3.05) is 0 Å². The van der Waals surface area contributed by atoms with Crippen molar-refractivity contribution in [3.8, 4) is 68.2 Å². The number of nitrogens with zero attached hydrogens (tertiary/aromatic N) is 5. The summed E-state index contributed by atoms with van der Waals surface area (Å²) in [5.74, 6) is 1.29. The molecule has 2 heterocycles. The highest BCUT2D eigenvalue weighted by Crippen LogP contribution is 2.42. The van der Waals surface area contributed by atoms with Gasteiger partial charge in [0.15, 0.2) is 17.5 Å². The molecule has 0 aliphatic heterocycles. The Hall–Kier alpha value is -7.37. The molecule has 8 heteroatoms. The fourth-order valence-corrected chi connectivity index (χ4v) is 7.22. The first-order valence-electron chi connectivity index (χ1n) is 17.6. The third-order valence-corrected chi connectivity index (χ3v) is 9.75. The third-order valence-electron chi connectivity index (χ3n) is 9.75. The molecule has 0 fully saturated rings. The van der Waals surface area contributed by atoms with Gasteiger partial charge in [-0.15, -0.1) is 0 Å². The van der Waals surface area contributed by atoms with Gasteiger partial charge in [0.25, 0.3) is 0 Å². The quantitative estimate of drug-likeness (QED) is 0.172. The van der Waals surface area contributed by atoms with E-state index in [9.17, 15) is 18.4 Å². The molecule has 0 spiro atoms. The Labute approximate surface area is 314 Å². The van der Waals surface area contributed by atoms with Crippen molar-refractivity contribution in [2.45, 2.75) is 6.18 Å². The van der Waals surface area contributed by atoms with Crippen molar-refractivity contribution >= 4 is 21.8 Å². The Morgan fingerprint density at radius 2 is 1.00 bits per heavy atom. The molecular formula is C47H28F3N5. The number of para-hydroxylation sites is 1. The zero-order valence-electron chi connectivity index (χ0n) is 29.0. The maximum Gasteiger partial charge on any atom is 0.417 e. The third kappa shape index (κ3) is 6.08. The lowest BCUT2D eigenvalue weighted by Crippen LogP contribution is -2.07. The fraction of sp³-hybridized carbons (Fsp3) is 0.0213. The van der Waals surface area contributed by atoms with Crippen molar-refractivity contribution in [3.63, 3.8) is 0 Å². The van der Waals surface area contributed by atoms with Crippen LogP contribution in [0.1, 0.15) is 11.1 Å². The molecule has 9 aromatic rings. The molecule has 55 heavy (non-hydrogen) atoms. The second kappa shape index (κ2) is 13.6. The van der Waals surface area contributed by atoms with Crippen LogP contribution in [0.15, 0.2) is 170 Å². The molecule has 262 valence electrons. The summed E-state index contributed by atoms with van der Waals surface area (Å²) in [6.07, 6.45) is -4.57. The number of fused-ring (bicyclic) bond motifs is 3. The molecule has 0 unspecified atom stereocenters. The molecule has 0 atom stereocenters. The Morgan fingerprint density at radius 1 is 0.455 bits per heavy atom. The molecule has 0 bridgehead atoms. The first kappa shape index (κ1) is 33.5. The van der Waals surface area contributed by atoms with Gasteiger partial charge < -0.3 is 4.57 Å². The molecular weight excluding hydrogens is 692 g/mol. The average molecular weight is 720 g/mol. The molecule has 9 rings (SSSR count). The lowest BCUT2D eigenvalue weighted by molar-refractivity contribution is -0.137. The number of alkyl halides is 3. The van der Waals surface area contributed by atoms with Crippen LogP contribution < -0.4 is 0 Å². The molecule has 0 amide bonds. The zero-order valence-corrected chi connectivity index (χ0v) is 29.0. The number of aromatic nitrogens is 4. The Balaban J connectivity index is 1.36. The Morgan fingerprint density at radius 3 is 1.69 bits per heavy atom. The van der Waals surface area contributed by atoms with Gasteiger partial charge in [0.2, 0.25) is 0 Å². The largest absolute Gasteiger partial charge is 0.417 e. The summed E-state index contributed by atoms with van der Waals surface area (Å²) in [4.78, 5) is 14.9. The van der Waals surface area contributed by atoms with Gasteiger partial charge in [-0.25, -0.2) is 15.0 Å². The van der Waals surface area contributed by atoms with Crippen LogP contribution in [0.4, 0.5) is 13.2 Å². The molecule has 0 N–H and O–H groups in total. The van der Waals surface area contributed by atoms with Crippen LogP contribution in [0.5, 0.6) is 0 Å². The second-order valence-electron chi connectivity index (χ2n) is 13.1. The second-order valence-corrected chi connectivity index (χ2v) is 13.1. The minimum Gasteiger partial charge on any atom is -0.308 e. The summed E-state index contributed by atoms with van der Waals surface area (Å²) in [7, 11) is 0. The van der Waals surface area contributed by atoms with Crippen molar-refractivity contribution in [3.05, 3.63) is 181 Å². The monoisotopic (exact) mass is 719 g/mol. The molecule has 0 radical (unpaired) electrons. The summed E-state index contributed by atoms with van der Waals surface area (Å²) in [6.45, 7) is 0. The van der Waals surface area contributed by atoms with Gasteiger partial charge in [-0.3, -0.25) is 0 Å². The van der Waals surface area contributed by atoms with Gasteiger partial charge in [0.1, 0.15) is 0 Å². The highest BCUT2D eigenvalue weighted by molar-refractivity contribution is 6.11. The number of benzene rings is 7. The van der Waals surface area contributed by atoms with Crippen LogP contribution in [0.2, 0.25) is 0 Å². The molecule has 5 nitrogen and oxygen atoms in total. The summed E-state index contributed by atoms with van der Waals surface area (Å²) < 4.78 is 45.4. The maximum absolute atomic E-state index is 14.5. The van der Waals surface area contributed by atoms with Gasteiger partial charge in [-0.05, 0) is 64.7 Å². The highest BCUT2D eigenvalue weighted by Gasteiger charge is 2.33. The molecule has 0 aliphatic rings. The van der Waals surface area contributed by atoms with E-state index in [-0.39, 0.29) is 5.56 Å². The van der Waals surface area contributed by atoms with E-state index in [0.717, 1.165) is 50.1 Å². The summed E-state index contributed by atoms with van der Waals surface area (Å²) in [6, 6.07) is 53.9. The maximum atomic E-state index is 14.5. The first-order chi connectivity index (χ1) is 26.9. The molecule has 0 saturated carbocycles. The zero-order chi connectivity index (χ0) is 37.5. The Kier molecular flexibility index (Phi) is 8.25. The van der Waals surface area contributed by atoms with Crippen LogP contribution in [0, 0.1) is 11.3 Å². The van der Waals surface area contributed by atoms with Gasteiger partial charge in [0, 0.05) is 27.5 Å². The minimum atomic E-state index is -4.57. The SMILES string of the molecule is N#Cc1ccccc1-c1ccc2c(c1)c1ccccc1n2-c1cc(-c2ccccc2C(F)(F)F)ccc1-c1nc(-c2ccccc2)nc(-c2ccccc2)n1. The van der Waals surface area contributed by atoms with E-state index in [1.807, 2.05) is 115 Å². The minimum absolute atomic E-state index is 0.0598. The standard InChI is InChI=1S/C47H28F3N5/c48-47(49,50)40-21-11-9-19-36(40)33-23-25-38(46-53-44(30-13-3-1-4-14-30)52-45(54-46)31-15-5-2-6-16-31)43(28-33)55-41-22-12-10-20-37(41)39-27-32(24-26-42(39)55)35-18-8-7-17-34(35)29-51/h1-28H. The number of rotatable bonds is 6. The van der Waals surface area contributed by atoms with Crippen molar-refractivity contribution < 1.29 is 13.2 Å². The molecule has 0 saturated heterocycles. The number of nitriles is 1. The summed E-state index contributed by atoms with van der Waals surface area (Å²) in [5, 5.41) is 11.7. The highest BCUT2D eigenvalue weighted by atomic mass is 19.4. The lowest BCUT2D eigenvalue weighted by Gasteiger charge is -2.18. The van der Waals surface area contributed by atoms with E-state index in [1.54, 1.807) is 30.3 Å². The van der Waals surface area contributed by atoms with Crippen LogP contribution in [-0.2, 0) is 6.18 Å². The number of hydrogen-bond acceptors (Lipinski definition) is 4. The van der Waals surface area contributed by atoms with Crippen molar-refractivity contribution in [1.29, 1.82) is 5.26 Å². The van der Waals surface area contributed by atoms with E-state index in [4.69, 9.17) is 15.0 Å². The summed E-state index contributed by atoms with van der Waals surface area (Å²) in [5.41, 5.74) is 6.40. The lowest BCUT2D eigenvalue weighted by atomic mass is 9.96. The normalized spacial score (nSPS) is 11.5. The number of hydrogen-bond donors (Lipinski definition) is 0. The van der Waals surface area contributed by atoms with E-state index in [2.05, 4.69) is 16.7 Å². The summed E-state index contributed by atoms with van der Waals surface area (Å²) >= 11 is 0. The average Bonchev–Trinajstić information content (AvgIpc) is 3.57. The predicted octanol–water partition coefficient (Wildman–Crippen LogP) is 12.2. The van der Waals surface area contributed by atoms with Crippen LogP contribution >= 0.6 is 0 Å². The van der Waals surface area contributed by atoms with E-state index in [1.165, 1.54) is 12.1 Å². The van der Waals surface area contributed by atoms with Crippen LogP contribution in [0.3, 0.4) is 0 Å². The molecule has 2 aromatic heterocycles. The van der Waals surface area contributed by atoms with Crippen molar-refractivity contribution in [1.82, 2.24) is 19.5 Å². The Bertz CT molecular complexity index is 2870. The van der Waals surface area contributed by atoms with E-state index in [0.29, 0.717) is 39.9 Å². The van der Waals surface area contributed by atoms with E-state index < -0.39 is 11.7 Å². The fourth-order valence-electron chi connectivity index (χ4n) is 7.22. The molecule has 7 aromatic carbocycles. The predicted molar refractivity (Wildman–Crippen MR) is 211 cm³/mol. The number of halogens is 3. The smallest absolute Gasteiger partial charge is 0.308 e. The molecule has 0 aliphatic carbocycles. The van der Waals surface area contributed by atoms with Gasteiger partial charge in [0.05, 0.1) is 33.9 Å². The van der Waals surface area contributed by atoms with Crippen molar-refractivity contribution in [2.24, 2.45) is 0 Å². The van der Waals surface area contributed by atoms with Crippen LogP contribution in [-0.4, -0.2) is 19.5 Å². The van der Waals surface area contributed by atoms with Crippen LogP contribution in [0.25, 0.3) is 83.9 Å². The topological polar surface area (TPSA) is 67.4 Å². The van der Waals surface area contributed by atoms with Gasteiger partial charge >= 0.3 is 6.18 Å². The van der Waals surface area contributed by atoms with Gasteiger partial charge in [-0.1, -0.05) is 127 Å².